The molecule has 72 valence electrons. The predicted molar refractivity (Wildman–Crippen MR) is 41.1 cm³/mol. The minimum atomic E-state index is -1.83. The summed E-state index contributed by atoms with van der Waals surface area (Å²) in [4.78, 5) is 8.56. The molecule has 5 nitrogen and oxygen atoms in total. The van der Waals surface area contributed by atoms with Crippen LogP contribution in [-0.2, 0) is 0 Å². The molecule has 0 radical (unpaired) electrons. The zero-order chi connectivity index (χ0) is 9.56. The minimum Gasteiger partial charge on any atom is -0.450 e. The Morgan fingerprint density at radius 3 is 1.25 bits per heavy atom. The molecule has 5 heteroatoms. The van der Waals surface area contributed by atoms with Crippen molar-refractivity contribution in [1.29, 1.82) is 0 Å². The highest BCUT2D eigenvalue weighted by molar-refractivity contribution is 5.53. The molecular weight excluding hydrogens is 164 g/mol. The van der Waals surface area contributed by atoms with Crippen molar-refractivity contribution in [3.63, 3.8) is 0 Å². The van der Waals surface area contributed by atoms with E-state index in [2.05, 4.69) is 0 Å². The maximum atomic E-state index is 8.92. The summed E-state index contributed by atoms with van der Waals surface area (Å²) in [7, 11) is 0. The first-order valence-electron chi connectivity index (χ1n) is 3.80. The Morgan fingerprint density at radius 2 is 1.08 bits per heavy atom. The summed E-state index contributed by atoms with van der Waals surface area (Å²) in [6.45, 7) is 0. The first-order valence-corrected chi connectivity index (χ1v) is 3.80. The molecule has 0 bridgehead atoms. The van der Waals surface area contributed by atoms with Gasteiger partial charge in [0, 0.05) is 0 Å². The van der Waals surface area contributed by atoms with Crippen LogP contribution in [0.3, 0.4) is 0 Å². The first kappa shape index (κ1) is 11.2. The van der Waals surface area contributed by atoms with E-state index in [0.717, 1.165) is 25.7 Å². The van der Waals surface area contributed by atoms with E-state index in [9.17, 15) is 0 Å². The first-order chi connectivity index (χ1) is 5.52. The maximum Gasteiger partial charge on any atom is 0.503 e. The third kappa shape index (κ3) is 7.30. The summed E-state index contributed by atoms with van der Waals surface area (Å²) >= 11 is 0. The average Bonchev–Trinajstić information content (AvgIpc) is 1.94. The highest BCUT2D eigenvalue weighted by Crippen LogP contribution is 2.17. The second-order valence-corrected chi connectivity index (χ2v) is 2.74. The summed E-state index contributed by atoms with van der Waals surface area (Å²) in [5.41, 5.74) is 0. The van der Waals surface area contributed by atoms with Crippen molar-refractivity contribution in [1.82, 2.24) is 0 Å². The van der Waals surface area contributed by atoms with Crippen molar-refractivity contribution in [3.05, 3.63) is 0 Å². The third-order valence-electron chi connectivity index (χ3n) is 1.67. The molecule has 1 aliphatic carbocycles. The van der Waals surface area contributed by atoms with Gasteiger partial charge in [0.1, 0.15) is 0 Å². The van der Waals surface area contributed by atoms with Crippen LogP contribution in [0.25, 0.3) is 0 Å². The fourth-order valence-corrected chi connectivity index (χ4v) is 1.06. The number of hydrogen-bond donors (Lipinski definition) is 4. The number of aliphatic hydroxyl groups is 2. The van der Waals surface area contributed by atoms with Crippen LogP contribution in [0.5, 0.6) is 0 Å². The van der Waals surface area contributed by atoms with Gasteiger partial charge in [-0.3, -0.25) is 0 Å². The van der Waals surface area contributed by atoms with Gasteiger partial charge in [-0.2, -0.15) is 0 Å². The molecule has 0 aromatic rings. The Bertz CT molecular complexity index is 114. The van der Waals surface area contributed by atoms with Crippen LogP contribution >= 0.6 is 0 Å². The van der Waals surface area contributed by atoms with Crippen LogP contribution in [0.4, 0.5) is 4.79 Å². The largest absolute Gasteiger partial charge is 0.503 e. The molecule has 1 aliphatic rings. The van der Waals surface area contributed by atoms with Gasteiger partial charge >= 0.3 is 6.16 Å². The molecule has 0 spiro atoms. The number of hydrogen-bond acceptors (Lipinski definition) is 3. The highest BCUT2D eigenvalue weighted by Gasteiger charge is 2.15. The minimum absolute atomic E-state index is 0.140. The summed E-state index contributed by atoms with van der Waals surface area (Å²) in [6.07, 6.45) is 1.00. The lowest BCUT2D eigenvalue weighted by atomic mass is 9.95. The lowest BCUT2D eigenvalue weighted by Gasteiger charge is -2.20. The Balaban J connectivity index is 0.000000261. The van der Waals surface area contributed by atoms with E-state index < -0.39 is 6.16 Å². The number of carbonyl (C=O) groups is 1. The van der Waals surface area contributed by atoms with Gasteiger partial charge in [-0.25, -0.2) is 4.79 Å². The van der Waals surface area contributed by atoms with Crippen LogP contribution in [0, 0.1) is 0 Å². The molecular formula is C7H14O5. The molecule has 0 saturated heterocycles. The maximum absolute atomic E-state index is 8.92. The molecule has 1 rings (SSSR count). The fourth-order valence-electron chi connectivity index (χ4n) is 1.06. The smallest absolute Gasteiger partial charge is 0.450 e. The van der Waals surface area contributed by atoms with Gasteiger partial charge in [-0.1, -0.05) is 0 Å². The van der Waals surface area contributed by atoms with Crippen LogP contribution in [0.2, 0.25) is 0 Å². The number of aliphatic hydroxyl groups excluding tert-OH is 2. The molecule has 0 amide bonds. The molecule has 0 heterocycles. The SMILES string of the molecule is O=C(O)O.OC1CCC(O)CC1. The van der Waals surface area contributed by atoms with E-state index in [1.165, 1.54) is 0 Å². The van der Waals surface area contributed by atoms with Crippen LogP contribution in [-0.4, -0.2) is 38.8 Å². The Morgan fingerprint density at radius 1 is 0.917 bits per heavy atom. The van der Waals surface area contributed by atoms with Gasteiger partial charge in [0.25, 0.3) is 0 Å². The molecule has 12 heavy (non-hydrogen) atoms. The second-order valence-electron chi connectivity index (χ2n) is 2.74. The van der Waals surface area contributed by atoms with E-state index in [0.29, 0.717) is 0 Å². The quantitative estimate of drug-likeness (QED) is 0.433. The molecule has 0 aromatic carbocycles. The molecule has 0 unspecified atom stereocenters. The zero-order valence-electron chi connectivity index (χ0n) is 6.68. The highest BCUT2D eigenvalue weighted by atomic mass is 16.6. The van der Waals surface area contributed by atoms with E-state index in [1.54, 1.807) is 0 Å². The fraction of sp³-hybridized carbons (Fsp3) is 0.857. The van der Waals surface area contributed by atoms with E-state index >= 15 is 0 Å². The molecule has 0 aliphatic heterocycles. The van der Waals surface area contributed by atoms with Gasteiger partial charge < -0.3 is 20.4 Å². The normalized spacial score (nSPS) is 28.5. The van der Waals surface area contributed by atoms with Gasteiger partial charge in [-0.15, -0.1) is 0 Å². The predicted octanol–water partition coefficient (Wildman–Crippen LogP) is 0.505. The van der Waals surface area contributed by atoms with Gasteiger partial charge in [0.05, 0.1) is 12.2 Å². The van der Waals surface area contributed by atoms with E-state index in [1.807, 2.05) is 0 Å². The summed E-state index contributed by atoms with van der Waals surface area (Å²) < 4.78 is 0. The van der Waals surface area contributed by atoms with Crippen molar-refractivity contribution in [2.75, 3.05) is 0 Å². The standard InChI is InChI=1S/C6H12O2.CH2O3/c7-5-1-2-6(8)4-3-5;2-1(3)4/h5-8H,1-4H2;(H2,2,3,4). The zero-order valence-corrected chi connectivity index (χ0v) is 6.68. The van der Waals surface area contributed by atoms with Crippen LogP contribution in [0.15, 0.2) is 0 Å². The lowest BCUT2D eigenvalue weighted by molar-refractivity contribution is 0.0541. The van der Waals surface area contributed by atoms with Crippen molar-refractivity contribution in [2.24, 2.45) is 0 Å². The van der Waals surface area contributed by atoms with Crippen molar-refractivity contribution in [2.45, 2.75) is 37.9 Å². The van der Waals surface area contributed by atoms with Crippen LogP contribution in [0.1, 0.15) is 25.7 Å². The van der Waals surface area contributed by atoms with Crippen LogP contribution < -0.4 is 0 Å². The molecule has 1 saturated carbocycles. The number of carboxylic acid groups (broad SMARTS) is 2. The average molecular weight is 178 g/mol. The van der Waals surface area contributed by atoms with Crippen molar-refractivity contribution < 1.29 is 25.2 Å². The van der Waals surface area contributed by atoms with E-state index in [-0.39, 0.29) is 12.2 Å². The number of rotatable bonds is 0. The molecule has 0 atom stereocenters. The van der Waals surface area contributed by atoms with Gasteiger partial charge in [0.15, 0.2) is 0 Å². The summed E-state index contributed by atoms with van der Waals surface area (Å²) in [5, 5.41) is 31.8. The summed E-state index contributed by atoms with van der Waals surface area (Å²) in [6, 6.07) is 0. The molecule has 0 aromatic heterocycles. The Hall–Kier alpha value is -0.810. The van der Waals surface area contributed by atoms with Crippen molar-refractivity contribution >= 4 is 6.16 Å². The van der Waals surface area contributed by atoms with Gasteiger partial charge in [-0.05, 0) is 25.7 Å². The lowest BCUT2D eigenvalue weighted by Crippen LogP contribution is -2.21. The van der Waals surface area contributed by atoms with Crippen molar-refractivity contribution in [3.8, 4) is 0 Å². The topological polar surface area (TPSA) is 98.0 Å². The second kappa shape index (κ2) is 5.79. The third-order valence-corrected chi connectivity index (χ3v) is 1.67. The molecule has 1 fully saturated rings. The Labute approximate surface area is 70.3 Å². The monoisotopic (exact) mass is 178 g/mol. The van der Waals surface area contributed by atoms with Gasteiger partial charge in [0.2, 0.25) is 0 Å². The Kier molecular flexibility index (Phi) is 5.40. The summed E-state index contributed by atoms with van der Waals surface area (Å²) in [5.74, 6) is 0. The molecule has 4 N–H and O–H groups in total. The van der Waals surface area contributed by atoms with E-state index in [4.69, 9.17) is 25.2 Å².